The highest BCUT2D eigenvalue weighted by molar-refractivity contribution is 6.31. The molecule has 0 unspecified atom stereocenters. The first-order chi connectivity index (χ1) is 14.7. The second-order valence-corrected chi connectivity index (χ2v) is 6.89. The number of carbonyl (C=O) groups excluding carboxylic acids is 2. The first-order valence-electron chi connectivity index (χ1n) is 9.42. The van der Waals surface area contributed by atoms with Gasteiger partial charge in [-0.15, -0.1) is 0 Å². The molecule has 0 aliphatic heterocycles. The van der Waals surface area contributed by atoms with Crippen LogP contribution < -0.4 is 21.4 Å². The van der Waals surface area contributed by atoms with Crippen LogP contribution in [-0.2, 0) is 24.4 Å². The number of aromatic nitrogens is 4. The number of halogens is 2. The number of aryl methyl sites for hydroxylation is 2. The largest absolute Gasteiger partial charge is 0.465 e. The van der Waals surface area contributed by atoms with Crippen LogP contribution in [0, 0.1) is 5.82 Å². The number of nitrogens with two attached hydrogens (primary N) is 2. The van der Waals surface area contributed by atoms with Crippen molar-refractivity contribution in [3.8, 4) is 0 Å². The van der Waals surface area contributed by atoms with E-state index in [1.807, 2.05) is 23.0 Å². The predicted molar refractivity (Wildman–Crippen MR) is 112 cm³/mol. The number of carbonyl (C=O) groups is 2. The number of methoxy groups -OCH3 is 1. The van der Waals surface area contributed by atoms with E-state index in [-0.39, 0.29) is 34.6 Å². The highest BCUT2D eigenvalue weighted by Crippen LogP contribution is 2.21. The summed E-state index contributed by atoms with van der Waals surface area (Å²) < 4.78 is 22.9. The Labute approximate surface area is 182 Å². The molecule has 2 aromatic heterocycles. The molecule has 0 radical (unpaired) electrons. The Morgan fingerprint density at radius 3 is 2.58 bits per heavy atom. The molecule has 12 heteroatoms. The standard InChI is InChI=1S/C19H21ClFN7O3/c1-4-27-11-6-9(19(30)31-3)10(21)7-12(11)28(5-2)13(27)8-24-18(29)14-16(22)26-17(23)15(20)25-14/h6-7H,4-5,8H2,1-3H3,(H4-,22,23,24,26,29)/p+1. The molecular formula is C19H22ClFN7O3+. The SMILES string of the molecule is CCn1c(CNC(=O)c2nc(Cl)c(N)nc2N)[n+](CC)c2cc(F)c(C(=O)OC)cc21. The maximum Gasteiger partial charge on any atom is 0.341 e. The summed E-state index contributed by atoms with van der Waals surface area (Å²) in [4.78, 5) is 32.2. The fourth-order valence-electron chi connectivity index (χ4n) is 3.42. The summed E-state index contributed by atoms with van der Waals surface area (Å²) >= 11 is 5.85. The average Bonchev–Trinajstić information content (AvgIpc) is 3.04. The third kappa shape index (κ3) is 3.96. The number of esters is 1. The zero-order valence-electron chi connectivity index (χ0n) is 17.2. The van der Waals surface area contributed by atoms with Crippen molar-refractivity contribution in [3.05, 3.63) is 40.2 Å². The molecule has 0 saturated carbocycles. The first-order valence-corrected chi connectivity index (χ1v) is 9.80. The molecule has 3 rings (SSSR count). The van der Waals surface area contributed by atoms with Crippen LogP contribution in [0.15, 0.2) is 12.1 Å². The molecule has 3 aromatic rings. The summed E-state index contributed by atoms with van der Waals surface area (Å²) in [6.07, 6.45) is 0. The predicted octanol–water partition coefficient (Wildman–Crippen LogP) is 1.43. The quantitative estimate of drug-likeness (QED) is 0.381. The van der Waals surface area contributed by atoms with Crippen LogP contribution in [0.25, 0.3) is 11.0 Å². The molecule has 10 nitrogen and oxygen atoms in total. The summed E-state index contributed by atoms with van der Waals surface area (Å²) in [7, 11) is 1.19. The summed E-state index contributed by atoms with van der Waals surface area (Å²) in [5, 5.41) is 2.60. The van der Waals surface area contributed by atoms with E-state index < -0.39 is 17.7 Å². The fourth-order valence-corrected chi connectivity index (χ4v) is 3.55. The molecule has 5 N–H and O–H groups in total. The van der Waals surface area contributed by atoms with Gasteiger partial charge in [0.15, 0.2) is 33.5 Å². The minimum atomic E-state index is -0.768. The normalized spacial score (nSPS) is 11.0. The maximum absolute atomic E-state index is 14.5. The van der Waals surface area contributed by atoms with Gasteiger partial charge >= 0.3 is 5.97 Å². The molecule has 0 fully saturated rings. The number of anilines is 2. The molecule has 0 aliphatic rings. The molecule has 1 amide bonds. The second kappa shape index (κ2) is 8.72. The van der Waals surface area contributed by atoms with E-state index in [0.29, 0.717) is 29.9 Å². The highest BCUT2D eigenvalue weighted by Gasteiger charge is 2.27. The van der Waals surface area contributed by atoms with E-state index in [4.69, 9.17) is 23.1 Å². The van der Waals surface area contributed by atoms with Crippen LogP contribution in [0.1, 0.15) is 40.5 Å². The maximum atomic E-state index is 14.5. The number of hydrogen-bond acceptors (Lipinski definition) is 7. The number of benzene rings is 1. The van der Waals surface area contributed by atoms with Crippen molar-refractivity contribution >= 4 is 46.1 Å². The van der Waals surface area contributed by atoms with Crippen molar-refractivity contribution in [2.45, 2.75) is 33.5 Å². The highest BCUT2D eigenvalue weighted by atomic mass is 35.5. The minimum absolute atomic E-state index is 0.0749. The van der Waals surface area contributed by atoms with E-state index in [9.17, 15) is 14.0 Å². The lowest BCUT2D eigenvalue weighted by Gasteiger charge is -2.08. The van der Waals surface area contributed by atoms with E-state index in [2.05, 4.69) is 20.0 Å². The second-order valence-electron chi connectivity index (χ2n) is 6.53. The summed E-state index contributed by atoms with van der Waals surface area (Å²) in [5.41, 5.74) is 12.2. The van der Waals surface area contributed by atoms with Gasteiger partial charge in [-0.1, -0.05) is 11.6 Å². The number of hydrogen-bond donors (Lipinski definition) is 3. The number of nitrogens with zero attached hydrogens (tertiary/aromatic N) is 4. The monoisotopic (exact) mass is 450 g/mol. The van der Waals surface area contributed by atoms with Gasteiger partial charge in [0.25, 0.3) is 11.7 Å². The van der Waals surface area contributed by atoms with Gasteiger partial charge in [-0.05, 0) is 13.8 Å². The number of ether oxygens (including phenoxy) is 1. The average molecular weight is 451 g/mol. The molecule has 1 aromatic carbocycles. The Hall–Kier alpha value is -3.47. The van der Waals surface area contributed by atoms with Crippen molar-refractivity contribution in [1.82, 2.24) is 19.9 Å². The Morgan fingerprint density at radius 1 is 1.26 bits per heavy atom. The van der Waals surface area contributed by atoms with Crippen LogP contribution in [0.5, 0.6) is 0 Å². The van der Waals surface area contributed by atoms with Crippen LogP contribution in [-0.4, -0.2) is 33.5 Å². The number of fused-ring (bicyclic) bond motifs is 1. The number of imidazole rings is 1. The molecular weight excluding hydrogens is 429 g/mol. The molecule has 0 spiro atoms. The van der Waals surface area contributed by atoms with Gasteiger partial charge in [0.2, 0.25) is 0 Å². The molecule has 31 heavy (non-hydrogen) atoms. The molecule has 2 heterocycles. The summed E-state index contributed by atoms with van der Waals surface area (Å²) in [6, 6.07) is 2.73. The van der Waals surface area contributed by atoms with Crippen LogP contribution in [0.4, 0.5) is 16.0 Å². The van der Waals surface area contributed by atoms with Crippen molar-refractivity contribution in [1.29, 1.82) is 0 Å². The van der Waals surface area contributed by atoms with Gasteiger partial charge in [-0.3, -0.25) is 4.79 Å². The van der Waals surface area contributed by atoms with E-state index in [0.717, 1.165) is 0 Å². The Morgan fingerprint density at radius 2 is 1.97 bits per heavy atom. The topological polar surface area (TPSA) is 142 Å². The summed E-state index contributed by atoms with van der Waals surface area (Å²) in [6.45, 7) is 4.88. The van der Waals surface area contributed by atoms with Crippen LogP contribution in [0.2, 0.25) is 5.15 Å². The Bertz CT molecular complexity index is 1200. The van der Waals surface area contributed by atoms with Gasteiger partial charge in [-0.25, -0.2) is 28.3 Å². The smallest absolute Gasteiger partial charge is 0.341 e. The van der Waals surface area contributed by atoms with E-state index >= 15 is 0 Å². The van der Waals surface area contributed by atoms with Gasteiger partial charge < -0.3 is 21.5 Å². The molecule has 164 valence electrons. The number of rotatable bonds is 6. The summed E-state index contributed by atoms with van der Waals surface area (Å²) in [5.74, 6) is -1.59. The molecule has 0 bridgehead atoms. The molecule has 0 atom stereocenters. The first kappa shape index (κ1) is 22.2. The van der Waals surface area contributed by atoms with Crippen molar-refractivity contribution in [3.63, 3.8) is 0 Å². The lowest BCUT2D eigenvalue weighted by atomic mass is 10.2. The third-order valence-corrected chi connectivity index (χ3v) is 5.11. The van der Waals surface area contributed by atoms with Gasteiger partial charge in [-0.2, -0.15) is 0 Å². The number of amides is 1. The van der Waals surface area contributed by atoms with Crippen molar-refractivity contribution < 1.29 is 23.3 Å². The zero-order valence-corrected chi connectivity index (χ0v) is 18.0. The van der Waals surface area contributed by atoms with Crippen molar-refractivity contribution in [2.24, 2.45) is 0 Å². The Kier molecular flexibility index (Phi) is 6.25. The lowest BCUT2D eigenvalue weighted by molar-refractivity contribution is -0.676. The molecule has 0 aliphatic carbocycles. The van der Waals surface area contributed by atoms with Crippen LogP contribution in [0.3, 0.4) is 0 Å². The number of nitrogens with one attached hydrogen (secondary N) is 1. The van der Waals surface area contributed by atoms with Crippen LogP contribution >= 0.6 is 11.6 Å². The molecule has 0 saturated heterocycles. The zero-order chi connectivity index (χ0) is 22.9. The Balaban J connectivity index is 2.02. The van der Waals surface area contributed by atoms with Gasteiger partial charge in [0.1, 0.15) is 12.4 Å². The van der Waals surface area contributed by atoms with Gasteiger partial charge in [0, 0.05) is 12.1 Å². The van der Waals surface area contributed by atoms with E-state index in [1.54, 1.807) is 0 Å². The fraction of sp³-hybridized carbons (Fsp3) is 0.316. The van der Waals surface area contributed by atoms with E-state index in [1.165, 1.54) is 19.2 Å². The lowest BCUT2D eigenvalue weighted by Crippen LogP contribution is -2.40. The third-order valence-electron chi connectivity index (χ3n) is 4.83. The number of nitrogen functional groups attached to an aromatic ring is 2. The van der Waals surface area contributed by atoms with Crippen molar-refractivity contribution in [2.75, 3.05) is 18.6 Å². The van der Waals surface area contributed by atoms with Gasteiger partial charge in [0.05, 0.1) is 25.8 Å². The minimum Gasteiger partial charge on any atom is -0.465 e.